The summed E-state index contributed by atoms with van der Waals surface area (Å²) < 4.78 is 203. The third-order valence-electron chi connectivity index (χ3n) is 20.2. The summed E-state index contributed by atoms with van der Waals surface area (Å²) in [5, 5.41) is 1.09. The highest BCUT2D eigenvalue weighted by Gasteiger charge is 2.50. The fourth-order valence-corrected chi connectivity index (χ4v) is 22.6. The van der Waals surface area contributed by atoms with Gasteiger partial charge in [0, 0.05) is 16.5 Å². The molecule has 103 heavy (non-hydrogen) atoms. The van der Waals surface area contributed by atoms with Crippen LogP contribution < -0.4 is 49.2 Å². The van der Waals surface area contributed by atoms with Crippen LogP contribution in [0.5, 0.6) is 46.0 Å². The first-order valence-electron chi connectivity index (χ1n) is 33.5. The molecule has 0 saturated heterocycles. The van der Waals surface area contributed by atoms with E-state index in [-0.39, 0.29) is 37.9 Å². The van der Waals surface area contributed by atoms with Gasteiger partial charge >= 0.3 is 14.7 Å². The van der Waals surface area contributed by atoms with Gasteiger partial charge in [0.1, 0.15) is 62.1 Å². The Kier molecular flexibility index (Phi) is 19.6. The second kappa shape index (κ2) is 27.3. The van der Waals surface area contributed by atoms with E-state index < -0.39 is 102 Å². The van der Waals surface area contributed by atoms with Crippen molar-refractivity contribution in [2.75, 3.05) is 0 Å². The zero-order chi connectivity index (χ0) is 74.1. The van der Waals surface area contributed by atoms with Gasteiger partial charge in [-0.3, -0.25) is 18.2 Å². The smallest absolute Gasteiger partial charge is 0.311 e. The van der Waals surface area contributed by atoms with Gasteiger partial charge in [-0.1, -0.05) is 139 Å². The summed E-state index contributed by atoms with van der Waals surface area (Å²) in [6.07, 6.45) is 2.31. The summed E-state index contributed by atoms with van der Waals surface area (Å²) in [5.41, 5.74) is 0.181. The second-order valence-corrected chi connectivity index (χ2v) is 38.1. The van der Waals surface area contributed by atoms with E-state index in [1.807, 2.05) is 103 Å². The number of rotatable bonds is 24. The molecule has 0 spiro atoms. The van der Waals surface area contributed by atoms with Crippen molar-refractivity contribution < 1.29 is 79.9 Å². The Hall–Kier alpha value is -8.82. The van der Waals surface area contributed by atoms with Crippen LogP contribution in [0.2, 0.25) is 0 Å². The molecule has 0 saturated carbocycles. The molecule has 3 unspecified atom stereocenters. The average molecular weight is 1510 g/mol. The van der Waals surface area contributed by atoms with Gasteiger partial charge < -0.3 is 28.0 Å². The minimum atomic E-state index is -5.32. The van der Waals surface area contributed by atoms with Crippen LogP contribution in [-0.2, 0) is 59.9 Å². The van der Waals surface area contributed by atoms with E-state index in [0.717, 1.165) is 41.0 Å². The quantitative estimate of drug-likeness (QED) is 0.0420. The van der Waals surface area contributed by atoms with E-state index in [0.29, 0.717) is 88.2 Å². The van der Waals surface area contributed by atoms with Crippen LogP contribution in [0.3, 0.4) is 0 Å². The van der Waals surface area contributed by atoms with E-state index in [1.165, 1.54) is 36.4 Å². The molecule has 10 aromatic carbocycles. The molecule has 2 heterocycles. The third kappa shape index (κ3) is 13.5. The minimum absolute atomic E-state index is 0.00720. The average Bonchev–Trinajstić information content (AvgIpc) is 0.732. The van der Waals surface area contributed by atoms with Crippen molar-refractivity contribution in [3.05, 3.63) is 230 Å². The maximum Gasteiger partial charge on any atom is 0.311 e. The molecule has 0 amide bonds. The van der Waals surface area contributed by atoms with Gasteiger partial charge in [-0.2, -0.15) is 16.8 Å². The Bertz CT molecular complexity index is 5580. The molecule has 10 aromatic rings. The van der Waals surface area contributed by atoms with Crippen LogP contribution in [0.1, 0.15) is 112 Å². The van der Waals surface area contributed by atoms with Gasteiger partial charge in [0.15, 0.2) is 0 Å². The number of benzene rings is 10. The Balaban J connectivity index is 0.861. The second-order valence-electron chi connectivity index (χ2n) is 26.9. The zero-order valence-electron chi connectivity index (χ0n) is 58.3. The van der Waals surface area contributed by atoms with E-state index in [1.54, 1.807) is 118 Å². The summed E-state index contributed by atoms with van der Waals surface area (Å²) in [7, 11) is -27.5. The Morgan fingerprint density at radius 1 is 0.379 bits per heavy atom. The van der Waals surface area contributed by atoms with Crippen molar-refractivity contribution in [1.29, 1.82) is 0 Å². The van der Waals surface area contributed by atoms with Crippen molar-refractivity contribution in [2.45, 2.75) is 153 Å². The molecule has 2 aliphatic rings. The largest absolute Gasteiger partial charge is 0.487 e. The lowest BCUT2D eigenvalue weighted by Crippen LogP contribution is -2.53. The molecule has 12 rings (SSSR count). The van der Waals surface area contributed by atoms with Gasteiger partial charge in [-0.05, 0) is 208 Å². The molecule has 0 bridgehead atoms. The van der Waals surface area contributed by atoms with Crippen LogP contribution >= 0.6 is 14.7 Å². The van der Waals surface area contributed by atoms with Gasteiger partial charge in [-0.15, -0.1) is 0 Å². The maximum atomic E-state index is 16.4. The van der Waals surface area contributed by atoms with Crippen molar-refractivity contribution in [2.24, 2.45) is 0 Å². The predicted octanol–water partition coefficient (Wildman–Crippen LogP) is 17.6. The van der Waals surface area contributed by atoms with Crippen LogP contribution in [0.4, 0.5) is 0 Å². The first kappa shape index (κ1) is 73.9. The molecule has 536 valence electrons. The molecular formula is C79H78O18P2S4. The highest BCUT2D eigenvalue weighted by Crippen LogP contribution is 2.59. The monoisotopic (exact) mass is 1500 g/mol. The summed E-state index contributed by atoms with van der Waals surface area (Å²) in [6, 6.07) is 56.8. The number of para-hydroxylation sites is 2. The first-order chi connectivity index (χ1) is 48.6. The fraction of sp³-hybridized carbons (Fsp3) is 0.241. The van der Waals surface area contributed by atoms with Crippen LogP contribution in [0, 0.1) is 0 Å². The van der Waals surface area contributed by atoms with Crippen molar-refractivity contribution in [3.63, 3.8) is 0 Å². The Morgan fingerprint density at radius 3 is 1.26 bits per heavy atom. The lowest BCUT2D eigenvalue weighted by atomic mass is 9.63. The van der Waals surface area contributed by atoms with Gasteiger partial charge in [-0.25, -0.2) is 16.8 Å². The van der Waals surface area contributed by atoms with Gasteiger partial charge in [0.25, 0.3) is 20.2 Å². The zero-order valence-corrected chi connectivity index (χ0v) is 63.3. The molecule has 0 radical (unpaired) electrons. The van der Waals surface area contributed by atoms with Gasteiger partial charge in [0.2, 0.25) is 19.7 Å². The van der Waals surface area contributed by atoms with Gasteiger partial charge in [0.05, 0.1) is 45.7 Å². The molecule has 0 fully saturated rings. The number of sulfone groups is 2. The number of fused-ring (bicyclic) bond motifs is 6. The van der Waals surface area contributed by atoms with E-state index >= 15 is 9.13 Å². The number of hydrogen-bond donors (Lipinski definition) is 2. The molecule has 2 aliphatic heterocycles. The molecular weight excluding hydrogens is 1430 g/mol. The van der Waals surface area contributed by atoms with Crippen molar-refractivity contribution in [1.82, 2.24) is 0 Å². The minimum Gasteiger partial charge on any atom is -0.487 e. The number of ether oxygens (including phenoxy) is 4. The lowest BCUT2D eigenvalue weighted by Gasteiger charge is -2.48. The molecule has 18 nitrogen and oxygen atoms in total. The Morgan fingerprint density at radius 2 is 0.786 bits per heavy atom. The summed E-state index contributed by atoms with van der Waals surface area (Å²) in [6.45, 7) is 19.0. The van der Waals surface area contributed by atoms with Crippen LogP contribution in [0.15, 0.2) is 248 Å². The predicted molar refractivity (Wildman–Crippen MR) is 398 cm³/mol. The van der Waals surface area contributed by atoms with Crippen molar-refractivity contribution >= 4 is 75.9 Å². The van der Waals surface area contributed by atoms with E-state index in [2.05, 4.69) is 0 Å². The van der Waals surface area contributed by atoms with Crippen LogP contribution in [0.25, 0.3) is 22.3 Å². The SMILES string of the molecule is CCC(C)(C)Oc1ccc(Oc2ccc(S(=O)(=O)c3ccc(C(CC)(CC)C(C)(CC)Oc4ccc(Oc5ccc(S(=O)(=O)c6ccc(C(C)(C)CC)c(S(=O)(=O)O)c6)cc5S(=O)(=O)O)cc4P4(=O)Oc5ccccc5-c5ccccc54)cc3)cc2)cc1P1(=O)Oc2ccccc2-c2ccccc21. The first-order valence-corrected chi connectivity index (χ1v) is 42.6. The fourth-order valence-electron chi connectivity index (χ4n) is 13.5. The Labute approximate surface area is 602 Å². The van der Waals surface area contributed by atoms with Crippen molar-refractivity contribution in [3.8, 4) is 68.2 Å². The molecule has 0 aromatic heterocycles. The highest BCUT2D eigenvalue weighted by molar-refractivity contribution is 7.92. The molecule has 24 heteroatoms. The van der Waals surface area contributed by atoms with E-state index in [4.69, 9.17) is 28.0 Å². The molecule has 2 N–H and O–H groups in total. The lowest BCUT2D eigenvalue weighted by molar-refractivity contribution is -0.00752. The molecule has 0 aliphatic carbocycles. The highest BCUT2D eigenvalue weighted by atomic mass is 32.2. The van der Waals surface area contributed by atoms with E-state index in [9.17, 15) is 42.8 Å². The standard InChI is InChI=1S/C79H78O18P2S4/c1-11-76(6,7)64-44-42-58(50-74(64)102(86,87)88)101(84,85)59-43-47-69(75(51-59)103(89,90)91)93-55-37-46-68(73(49-55)99(81)71-31-23-19-27-63(71)61-25-17-21-29-66(61)97-99)95-78(10,13-3)79(14-4,15-5)52-32-38-56(39-33-52)100(82,83)57-40-34-53(35-41-57)92-54-36-45-67(94-77(8,9)12-2)72(48-54)98(80)70-30-22-18-26-62(70)60-24-16-20-28-65(60)96-98/h16-51H,11-15H2,1-10H3,(H,86,87,88)(H,89,90,91). The summed E-state index contributed by atoms with van der Waals surface area (Å²) >= 11 is 0. The third-order valence-corrected chi connectivity index (χ3v) is 30.4. The number of hydrogen-bond acceptors (Lipinski definition) is 16. The molecule has 3 atom stereocenters. The topological polar surface area (TPSA) is 267 Å². The summed E-state index contributed by atoms with van der Waals surface area (Å²) in [4.78, 5) is -2.93. The summed E-state index contributed by atoms with van der Waals surface area (Å²) in [5.74, 6) is 1.10. The normalized spacial score (nSPS) is 16.7. The van der Waals surface area contributed by atoms with Crippen LogP contribution in [-0.4, -0.2) is 54.0 Å². The maximum absolute atomic E-state index is 16.4.